The monoisotopic (exact) mass is 484 g/mol. The maximum Gasteiger partial charge on any atom is 0.259 e. The van der Waals surface area contributed by atoms with Gasteiger partial charge in [0.1, 0.15) is 10.6 Å². The Kier molecular flexibility index (Phi) is 7.86. The van der Waals surface area contributed by atoms with E-state index in [0.29, 0.717) is 31.0 Å². The molecule has 1 aliphatic heterocycles. The molecule has 1 aliphatic carbocycles. The van der Waals surface area contributed by atoms with Gasteiger partial charge in [-0.3, -0.25) is 14.4 Å². The summed E-state index contributed by atoms with van der Waals surface area (Å²) in [6.45, 7) is 6.55. The van der Waals surface area contributed by atoms with Gasteiger partial charge >= 0.3 is 0 Å². The number of amides is 2. The third-order valence-corrected chi connectivity index (χ3v) is 8.12. The Morgan fingerprint density at radius 2 is 1.94 bits per heavy atom. The molecule has 8 heteroatoms. The summed E-state index contributed by atoms with van der Waals surface area (Å²) < 4.78 is 2.18. The van der Waals surface area contributed by atoms with Crippen molar-refractivity contribution in [2.24, 2.45) is 5.92 Å². The molecular weight excluding hydrogens is 448 g/mol. The lowest BCUT2D eigenvalue weighted by Gasteiger charge is -2.25. The van der Waals surface area contributed by atoms with E-state index in [-0.39, 0.29) is 17.2 Å². The van der Waals surface area contributed by atoms with Gasteiger partial charge in [-0.15, -0.1) is 11.3 Å². The molecule has 1 saturated carbocycles. The highest BCUT2D eigenvalue weighted by Gasteiger charge is 2.27. The summed E-state index contributed by atoms with van der Waals surface area (Å²) in [6.07, 6.45) is 7.87. The van der Waals surface area contributed by atoms with Crippen LogP contribution in [0.1, 0.15) is 77.4 Å². The van der Waals surface area contributed by atoms with Gasteiger partial charge in [-0.05, 0) is 39.0 Å². The molecule has 3 heterocycles. The van der Waals surface area contributed by atoms with Crippen LogP contribution in [0.2, 0.25) is 0 Å². The highest BCUT2D eigenvalue weighted by Crippen LogP contribution is 2.29. The molecule has 2 aliphatic rings. The third kappa shape index (κ3) is 5.59. The number of carbonyl (C=O) groups is 2. The van der Waals surface area contributed by atoms with Crippen molar-refractivity contribution < 1.29 is 9.59 Å². The number of carbonyl (C=O) groups excluding carboxylic acids is 2. The van der Waals surface area contributed by atoms with Crippen molar-refractivity contribution in [3.8, 4) is 0 Å². The van der Waals surface area contributed by atoms with Gasteiger partial charge in [0.15, 0.2) is 5.43 Å². The van der Waals surface area contributed by atoms with Crippen LogP contribution in [0, 0.1) is 19.8 Å². The van der Waals surface area contributed by atoms with E-state index in [1.807, 2.05) is 24.1 Å². The zero-order valence-corrected chi connectivity index (χ0v) is 21.5. The number of hydrogen-bond donors (Lipinski definition) is 0. The van der Waals surface area contributed by atoms with Crippen molar-refractivity contribution in [2.45, 2.75) is 78.3 Å². The Balaban J connectivity index is 1.61. The number of nitrogens with zero attached hydrogens (tertiary/aromatic N) is 4. The molecule has 2 amide bonds. The average Bonchev–Trinajstić information content (AvgIpc) is 3.54. The largest absolute Gasteiger partial charge is 0.348 e. The van der Waals surface area contributed by atoms with E-state index in [1.165, 1.54) is 24.2 Å². The molecule has 0 spiro atoms. The first-order valence-electron chi connectivity index (χ1n) is 12.5. The number of rotatable bonds is 9. The second kappa shape index (κ2) is 10.8. The van der Waals surface area contributed by atoms with Crippen LogP contribution < -0.4 is 5.43 Å². The molecule has 1 saturated heterocycles. The van der Waals surface area contributed by atoms with E-state index >= 15 is 0 Å². The summed E-state index contributed by atoms with van der Waals surface area (Å²) in [4.78, 5) is 46.8. The Morgan fingerprint density at radius 1 is 1.18 bits per heavy atom. The Bertz CT molecular complexity index is 1100. The van der Waals surface area contributed by atoms with Crippen LogP contribution in [-0.4, -0.2) is 51.3 Å². The molecule has 184 valence electrons. The summed E-state index contributed by atoms with van der Waals surface area (Å²) in [5.74, 6) is 0.512. The summed E-state index contributed by atoms with van der Waals surface area (Å²) in [6, 6.07) is 1.60. The van der Waals surface area contributed by atoms with Crippen molar-refractivity contribution in [3.63, 3.8) is 0 Å². The van der Waals surface area contributed by atoms with Crippen molar-refractivity contribution in [1.82, 2.24) is 19.4 Å². The topological polar surface area (TPSA) is 75.5 Å². The minimum absolute atomic E-state index is 0.191. The van der Waals surface area contributed by atoms with E-state index in [9.17, 15) is 14.4 Å². The summed E-state index contributed by atoms with van der Waals surface area (Å²) in [5, 5.41) is 2.84. The SMILES string of the molecule is Cc1csc(CN(C)C(=O)c2c(CC3CCCC3)n(CCCN3CCCC3=O)c(C)cc2=O)n1. The van der Waals surface area contributed by atoms with E-state index in [0.717, 1.165) is 67.3 Å². The third-order valence-electron chi connectivity index (χ3n) is 7.16. The zero-order chi connectivity index (χ0) is 24.2. The maximum absolute atomic E-state index is 13.6. The van der Waals surface area contributed by atoms with Crippen LogP contribution in [0.25, 0.3) is 0 Å². The van der Waals surface area contributed by atoms with E-state index in [2.05, 4.69) is 9.55 Å². The first-order valence-corrected chi connectivity index (χ1v) is 13.4. The molecule has 0 bridgehead atoms. The lowest BCUT2D eigenvalue weighted by molar-refractivity contribution is -0.127. The molecule has 0 N–H and O–H groups in total. The number of thiazole rings is 1. The van der Waals surface area contributed by atoms with Gasteiger partial charge in [0, 0.05) is 61.6 Å². The molecule has 0 radical (unpaired) electrons. The van der Waals surface area contributed by atoms with Crippen molar-refractivity contribution in [2.75, 3.05) is 20.1 Å². The average molecular weight is 485 g/mol. The van der Waals surface area contributed by atoms with Crippen molar-refractivity contribution in [1.29, 1.82) is 0 Å². The van der Waals surface area contributed by atoms with Crippen LogP contribution in [0.3, 0.4) is 0 Å². The standard InChI is InChI=1S/C26H36N4O3S/c1-18-17-34-23(27-18)16-28(3)26(33)25-21(15-20-8-4-5-9-20)30(19(2)14-22(25)31)13-7-12-29-11-6-10-24(29)32/h14,17,20H,4-13,15-16H2,1-3H3. The van der Waals surface area contributed by atoms with Gasteiger partial charge < -0.3 is 14.4 Å². The molecule has 2 fully saturated rings. The second-order valence-corrected chi connectivity index (χ2v) is 10.8. The van der Waals surface area contributed by atoms with Crippen LogP contribution in [0.4, 0.5) is 0 Å². The normalized spacial score (nSPS) is 16.6. The summed E-state index contributed by atoms with van der Waals surface area (Å²) in [5.41, 5.74) is 2.82. The quantitative estimate of drug-likeness (QED) is 0.540. The highest BCUT2D eigenvalue weighted by molar-refractivity contribution is 7.09. The van der Waals surface area contributed by atoms with Gasteiger partial charge in [-0.25, -0.2) is 4.98 Å². The van der Waals surface area contributed by atoms with Crippen LogP contribution in [-0.2, 0) is 24.3 Å². The Hall–Kier alpha value is -2.48. The van der Waals surface area contributed by atoms with E-state index < -0.39 is 0 Å². The minimum atomic E-state index is -0.227. The van der Waals surface area contributed by atoms with E-state index in [4.69, 9.17) is 0 Å². The lowest BCUT2D eigenvalue weighted by atomic mass is 9.96. The van der Waals surface area contributed by atoms with Crippen molar-refractivity contribution >= 4 is 23.2 Å². The number of aromatic nitrogens is 2. The summed E-state index contributed by atoms with van der Waals surface area (Å²) >= 11 is 1.53. The van der Waals surface area contributed by atoms with Gasteiger partial charge in [0.2, 0.25) is 5.91 Å². The molecule has 2 aromatic rings. The summed E-state index contributed by atoms with van der Waals surface area (Å²) in [7, 11) is 1.75. The highest BCUT2D eigenvalue weighted by atomic mass is 32.1. The Morgan fingerprint density at radius 3 is 2.59 bits per heavy atom. The van der Waals surface area contributed by atoms with Gasteiger partial charge in [0.25, 0.3) is 5.91 Å². The first-order chi connectivity index (χ1) is 16.3. The predicted octanol–water partition coefficient (Wildman–Crippen LogP) is 3.94. The van der Waals surface area contributed by atoms with Crippen LogP contribution >= 0.6 is 11.3 Å². The number of hydrogen-bond acceptors (Lipinski definition) is 5. The first kappa shape index (κ1) is 24.6. The van der Waals surface area contributed by atoms with E-state index in [1.54, 1.807) is 18.0 Å². The second-order valence-electron chi connectivity index (χ2n) is 9.86. The lowest BCUT2D eigenvalue weighted by Crippen LogP contribution is -2.35. The number of aryl methyl sites for hydroxylation is 2. The molecular formula is C26H36N4O3S. The Labute approximate surface area is 205 Å². The minimum Gasteiger partial charge on any atom is -0.348 e. The van der Waals surface area contributed by atoms with Crippen LogP contribution in [0.5, 0.6) is 0 Å². The molecule has 4 rings (SSSR count). The van der Waals surface area contributed by atoms with Gasteiger partial charge in [-0.1, -0.05) is 25.7 Å². The molecule has 0 aromatic carbocycles. The van der Waals surface area contributed by atoms with Gasteiger partial charge in [-0.2, -0.15) is 0 Å². The smallest absolute Gasteiger partial charge is 0.259 e. The molecule has 2 aromatic heterocycles. The fourth-order valence-electron chi connectivity index (χ4n) is 5.37. The fraction of sp³-hybridized carbons (Fsp3) is 0.615. The molecule has 0 unspecified atom stereocenters. The number of pyridine rings is 1. The van der Waals surface area contributed by atoms with Crippen molar-refractivity contribution in [3.05, 3.63) is 49.3 Å². The van der Waals surface area contributed by atoms with Crippen LogP contribution in [0.15, 0.2) is 16.2 Å². The fourth-order valence-corrected chi connectivity index (χ4v) is 6.20. The number of likely N-dealkylation sites (tertiary alicyclic amines) is 1. The molecule has 0 atom stereocenters. The molecule has 7 nitrogen and oxygen atoms in total. The molecule has 34 heavy (non-hydrogen) atoms. The predicted molar refractivity (Wildman–Crippen MR) is 134 cm³/mol. The maximum atomic E-state index is 13.6. The van der Waals surface area contributed by atoms with Gasteiger partial charge in [0.05, 0.1) is 6.54 Å². The zero-order valence-electron chi connectivity index (χ0n) is 20.6.